The third-order valence-corrected chi connectivity index (χ3v) is 9.99. The molecule has 0 aliphatic carbocycles. The zero-order chi connectivity index (χ0) is 35.3. The Hall–Kier alpha value is -4.03. The summed E-state index contributed by atoms with van der Waals surface area (Å²) < 4.78 is 18.3. The van der Waals surface area contributed by atoms with Crippen molar-refractivity contribution in [1.29, 1.82) is 0 Å². The number of halogens is 1. The highest BCUT2D eigenvalue weighted by Gasteiger charge is 2.75. The molecule has 49 heavy (non-hydrogen) atoms. The Morgan fingerprint density at radius 1 is 1.18 bits per heavy atom. The van der Waals surface area contributed by atoms with Crippen LogP contribution in [0.2, 0.25) is 5.02 Å². The normalized spacial score (nSPS) is 25.0. The van der Waals surface area contributed by atoms with Crippen molar-refractivity contribution in [3.05, 3.63) is 90.0 Å². The van der Waals surface area contributed by atoms with E-state index in [1.54, 1.807) is 48.6 Å². The molecule has 3 amide bonds. The number of anilines is 1. The fourth-order valence-electron chi connectivity index (χ4n) is 7.71. The maximum absolute atomic E-state index is 14.7. The van der Waals surface area contributed by atoms with Gasteiger partial charge in [0.1, 0.15) is 17.7 Å². The number of carbonyl (C=O) groups excluding carboxylic acids is 4. The number of aryl methyl sites for hydroxylation is 1. The van der Waals surface area contributed by atoms with Crippen LogP contribution >= 0.6 is 11.6 Å². The molecule has 0 radical (unpaired) electrons. The van der Waals surface area contributed by atoms with Crippen LogP contribution in [0.5, 0.6) is 0 Å². The van der Waals surface area contributed by atoms with Crippen LogP contribution in [0, 0.1) is 18.8 Å². The standard InChI is InChI=1S/C37H44ClN3O8/c1-5-7-16-28(43)39-26(22-47-4)32(24-13-9-8-10-14-24)48-36(46)29-27-17-18-37(49-27)30(29)34(44)41(20-21-42)33(37)35(45)40(19-6-2)31-23(3)12-11-15-25(31)38/h5-6,8-15,26-27,29-30,32-33,42H,1-2,7,16-22H2,3-4H3,(H,39,43)/t26-,27+,29-,30-,32-,33+,37-/m0/s1. The number of benzene rings is 2. The van der Waals surface area contributed by atoms with E-state index >= 15 is 0 Å². The topological polar surface area (TPSA) is 135 Å². The lowest BCUT2D eigenvalue weighted by molar-refractivity contribution is -0.163. The third kappa shape index (κ3) is 6.90. The lowest BCUT2D eigenvalue weighted by Gasteiger charge is -2.37. The number of fused-ring (bicyclic) bond motifs is 1. The maximum Gasteiger partial charge on any atom is 0.313 e. The van der Waals surface area contributed by atoms with Crippen LogP contribution in [0.4, 0.5) is 5.69 Å². The lowest BCUT2D eigenvalue weighted by atomic mass is 9.70. The number of rotatable bonds is 16. The van der Waals surface area contributed by atoms with Crippen molar-refractivity contribution >= 4 is 41.0 Å². The molecule has 2 bridgehead atoms. The quantitative estimate of drug-likeness (QED) is 0.200. The summed E-state index contributed by atoms with van der Waals surface area (Å²) in [6.07, 6.45) is 3.03. The molecule has 12 heteroatoms. The second kappa shape index (κ2) is 15.7. The molecule has 2 aromatic rings. The number of esters is 1. The van der Waals surface area contributed by atoms with Crippen molar-refractivity contribution in [2.24, 2.45) is 11.8 Å². The van der Waals surface area contributed by atoms with Gasteiger partial charge in [-0.05, 0) is 43.4 Å². The predicted molar refractivity (Wildman–Crippen MR) is 184 cm³/mol. The first kappa shape index (κ1) is 36.3. The Labute approximate surface area is 291 Å². The van der Waals surface area contributed by atoms with Gasteiger partial charge >= 0.3 is 5.97 Å². The number of aliphatic hydroxyl groups is 1. The first-order chi connectivity index (χ1) is 23.6. The average Bonchev–Trinajstić information content (AvgIpc) is 3.73. The monoisotopic (exact) mass is 693 g/mol. The van der Waals surface area contributed by atoms with E-state index in [-0.39, 0.29) is 32.0 Å². The lowest BCUT2D eigenvalue weighted by Crippen LogP contribution is -2.57. The van der Waals surface area contributed by atoms with E-state index in [1.807, 2.05) is 19.1 Å². The van der Waals surface area contributed by atoms with Crippen LogP contribution in [0.1, 0.15) is 42.9 Å². The molecule has 2 N–H and O–H groups in total. The largest absolute Gasteiger partial charge is 0.455 e. The molecule has 3 fully saturated rings. The number of carbonyl (C=O) groups is 4. The van der Waals surface area contributed by atoms with Crippen LogP contribution < -0.4 is 10.2 Å². The van der Waals surface area contributed by atoms with Crippen molar-refractivity contribution in [2.45, 2.75) is 62.5 Å². The molecule has 0 unspecified atom stereocenters. The van der Waals surface area contributed by atoms with E-state index in [4.69, 9.17) is 25.8 Å². The number of ether oxygens (including phenoxy) is 3. The summed E-state index contributed by atoms with van der Waals surface area (Å²) in [4.78, 5) is 58.9. The van der Waals surface area contributed by atoms with Crippen molar-refractivity contribution in [2.75, 3.05) is 38.3 Å². The zero-order valence-electron chi connectivity index (χ0n) is 27.9. The van der Waals surface area contributed by atoms with Gasteiger partial charge in [-0.25, -0.2) is 0 Å². The molecule has 3 aliphatic rings. The molecule has 2 aromatic carbocycles. The highest BCUT2D eigenvalue weighted by atomic mass is 35.5. The van der Waals surface area contributed by atoms with Crippen molar-refractivity contribution < 1.29 is 38.5 Å². The number of amides is 3. The minimum absolute atomic E-state index is 0.0466. The van der Waals surface area contributed by atoms with Crippen LogP contribution in [0.3, 0.4) is 0 Å². The van der Waals surface area contributed by atoms with Gasteiger partial charge in [0.05, 0.1) is 47.9 Å². The molecule has 3 aliphatic heterocycles. The van der Waals surface area contributed by atoms with Gasteiger partial charge in [-0.2, -0.15) is 0 Å². The highest BCUT2D eigenvalue weighted by molar-refractivity contribution is 6.34. The van der Waals surface area contributed by atoms with Gasteiger partial charge in [-0.1, -0.05) is 66.2 Å². The van der Waals surface area contributed by atoms with Crippen LogP contribution in [0.25, 0.3) is 0 Å². The molecule has 3 heterocycles. The summed E-state index contributed by atoms with van der Waals surface area (Å²) >= 11 is 6.61. The van der Waals surface area contributed by atoms with Crippen molar-refractivity contribution in [3.8, 4) is 0 Å². The molecule has 11 nitrogen and oxygen atoms in total. The van der Waals surface area contributed by atoms with Gasteiger partial charge < -0.3 is 34.4 Å². The smallest absolute Gasteiger partial charge is 0.313 e. The summed E-state index contributed by atoms with van der Waals surface area (Å²) in [6.45, 7) is 8.97. The van der Waals surface area contributed by atoms with E-state index < -0.39 is 66.1 Å². The summed E-state index contributed by atoms with van der Waals surface area (Å²) in [5.41, 5.74) is 0.531. The molecular formula is C37H44ClN3O8. The van der Waals surface area contributed by atoms with Gasteiger partial charge in [0.25, 0.3) is 5.91 Å². The van der Waals surface area contributed by atoms with Gasteiger partial charge in [0.2, 0.25) is 11.8 Å². The minimum atomic E-state index is -1.33. The van der Waals surface area contributed by atoms with Gasteiger partial charge in [0.15, 0.2) is 0 Å². The van der Waals surface area contributed by atoms with E-state index in [1.165, 1.54) is 16.9 Å². The minimum Gasteiger partial charge on any atom is -0.455 e. The fourth-order valence-corrected chi connectivity index (χ4v) is 8.03. The zero-order valence-corrected chi connectivity index (χ0v) is 28.6. The Kier molecular flexibility index (Phi) is 11.6. The number of allylic oxidation sites excluding steroid dienone is 1. The summed E-state index contributed by atoms with van der Waals surface area (Å²) in [5, 5.41) is 13.3. The Balaban J connectivity index is 1.49. The maximum atomic E-state index is 14.7. The molecule has 3 saturated heterocycles. The van der Waals surface area contributed by atoms with E-state index in [0.29, 0.717) is 35.5 Å². The number of hydrogen-bond acceptors (Lipinski definition) is 8. The summed E-state index contributed by atoms with van der Waals surface area (Å²) in [7, 11) is 1.49. The highest BCUT2D eigenvalue weighted by Crippen LogP contribution is 2.59. The number of para-hydroxylation sites is 1. The Bertz CT molecular complexity index is 1550. The predicted octanol–water partition coefficient (Wildman–Crippen LogP) is 3.92. The SMILES string of the molecule is C=CCCC(=O)N[C@@H](COC)[C@@H](OC(=O)[C@@H]1[C@H]2C(=O)N(CCO)[C@H](C(=O)N(CC=C)c3c(C)cccc3Cl)[C@]23CC[C@H]1O3)c1ccccc1. The van der Waals surface area contributed by atoms with Gasteiger partial charge in [-0.15, -0.1) is 13.2 Å². The number of β-amino-alcohol motifs (C(OH)–C–C–N with tert-alkyl or cyclic N) is 1. The Morgan fingerprint density at radius 2 is 1.94 bits per heavy atom. The summed E-state index contributed by atoms with van der Waals surface area (Å²) in [5.74, 6) is -3.90. The van der Waals surface area contributed by atoms with E-state index in [0.717, 1.165) is 5.56 Å². The van der Waals surface area contributed by atoms with E-state index in [2.05, 4.69) is 18.5 Å². The van der Waals surface area contributed by atoms with Crippen LogP contribution in [-0.4, -0.2) is 90.9 Å². The first-order valence-corrected chi connectivity index (χ1v) is 16.9. The average molecular weight is 694 g/mol. The fraction of sp³-hybridized carbons (Fsp3) is 0.459. The van der Waals surface area contributed by atoms with Crippen LogP contribution in [0.15, 0.2) is 73.8 Å². The number of methoxy groups -OCH3 is 1. The molecule has 0 saturated carbocycles. The number of aliphatic hydroxyl groups excluding tert-OH is 1. The van der Waals surface area contributed by atoms with Gasteiger partial charge in [0, 0.05) is 26.6 Å². The second-order valence-electron chi connectivity index (χ2n) is 12.7. The van der Waals surface area contributed by atoms with Crippen LogP contribution in [-0.2, 0) is 33.4 Å². The van der Waals surface area contributed by atoms with Crippen molar-refractivity contribution in [3.63, 3.8) is 0 Å². The molecule has 5 rings (SSSR count). The molecule has 0 aromatic heterocycles. The first-order valence-electron chi connectivity index (χ1n) is 16.5. The van der Waals surface area contributed by atoms with Gasteiger partial charge in [-0.3, -0.25) is 19.2 Å². The number of likely N-dealkylation sites (tertiary alicyclic amines) is 1. The molecular weight excluding hydrogens is 650 g/mol. The third-order valence-electron chi connectivity index (χ3n) is 9.69. The number of nitrogens with zero attached hydrogens (tertiary/aromatic N) is 2. The number of hydrogen-bond donors (Lipinski definition) is 2. The Morgan fingerprint density at radius 3 is 2.59 bits per heavy atom. The molecule has 7 atom stereocenters. The van der Waals surface area contributed by atoms with E-state index in [9.17, 15) is 24.3 Å². The summed E-state index contributed by atoms with van der Waals surface area (Å²) in [6, 6.07) is 12.4. The van der Waals surface area contributed by atoms with Crippen molar-refractivity contribution in [1.82, 2.24) is 10.2 Å². The molecule has 1 spiro atoms. The number of nitrogens with one attached hydrogen (secondary N) is 1. The molecule has 262 valence electrons. The second-order valence-corrected chi connectivity index (χ2v) is 13.1.